The summed E-state index contributed by atoms with van der Waals surface area (Å²) in [4.78, 5) is 2.10. The third kappa shape index (κ3) is 3.29. The molecule has 1 N–H and O–H groups in total. The van der Waals surface area contributed by atoms with E-state index in [-0.39, 0.29) is 11.9 Å². The van der Waals surface area contributed by atoms with Gasteiger partial charge in [0.1, 0.15) is 0 Å². The first kappa shape index (κ1) is 9.12. The Balaban J connectivity index is 2.28. The summed E-state index contributed by atoms with van der Waals surface area (Å²) in [6, 6.07) is 0. The molecule has 0 bridgehead atoms. The molecule has 0 saturated carbocycles. The van der Waals surface area contributed by atoms with Crippen LogP contribution in [0.5, 0.6) is 0 Å². The van der Waals surface area contributed by atoms with E-state index in [1.54, 1.807) is 0 Å². The highest BCUT2D eigenvalue weighted by molar-refractivity contribution is 7.79. The van der Waals surface area contributed by atoms with Crippen molar-refractivity contribution in [2.24, 2.45) is 0 Å². The molecule has 1 saturated heterocycles. The molecule has 0 aromatic carbocycles. The lowest BCUT2D eigenvalue weighted by molar-refractivity contribution is -0.00689. The molecule has 1 fully saturated rings. The normalized spacial score (nSPS) is 30.2. The Morgan fingerprint density at radius 3 is 3.09 bits per heavy atom. The van der Waals surface area contributed by atoms with Gasteiger partial charge in [-0.15, -0.1) is 0 Å². The van der Waals surface area contributed by atoms with Gasteiger partial charge in [-0.3, -0.25) is 0 Å². The van der Waals surface area contributed by atoms with Crippen molar-refractivity contribution >= 4 is 11.1 Å². The molecule has 1 aliphatic heterocycles. The number of nitrogens with zero attached hydrogens (tertiary/aromatic N) is 1. The van der Waals surface area contributed by atoms with Crippen molar-refractivity contribution in [3.63, 3.8) is 0 Å². The van der Waals surface area contributed by atoms with Crippen LogP contribution in [0.4, 0.5) is 0 Å². The largest absolute Gasteiger partial charge is 0.375 e. The maximum atomic E-state index is 10.4. The Kier molecular flexibility index (Phi) is 3.45. The van der Waals surface area contributed by atoms with E-state index < -0.39 is 11.1 Å². The van der Waals surface area contributed by atoms with Crippen molar-refractivity contribution in [3.05, 3.63) is 0 Å². The van der Waals surface area contributed by atoms with Crippen LogP contribution < -0.4 is 0 Å². The van der Waals surface area contributed by atoms with Crippen molar-refractivity contribution in [3.8, 4) is 0 Å². The SMILES string of the molecule is CN1CCOC(CS(=O)O)C1. The Morgan fingerprint density at radius 1 is 1.82 bits per heavy atom. The van der Waals surface area contributed by atoms with Gasteiger partial charge in [-0.2, -0.15) is 0 Å². The van der Waals surface area contributed by atoms with Gasteiger partial charge in [0.2, 0.25) is 0 Å². The number of hydrogen-bond acceptors (Lipinski definition) is 3. The maximum Gasteiger partial charge on any atom is 0.155 e. The van der Waals surface area contributed by atoms with E-state index in [1.165, 1.54) is 0 Å². The molecule has 0 spiro atoms. The summed E-state index contributed by atoms with van der Waals surface area (Å²) in [5.41, 5.74) is 0. The Bertz CT molecular complexity index is 153. The van der Waals surface area contributed by atoms with Crippen LogP contribution in [-0.2, 0) is 15.8 Å². The highest BCUT2D eigenvalue weighted by Crippen LogP contribution is 2.03. The number of rotatable bonds is 2. The maximum absolute atomic E-state index is 10.4. The molecule has 0 aliphatic carbocycles. The lowest BCUT2D eigenvalue weighted by Crippen LogP contribution is -2.42. The Hall–Kier alpha value is 0.0300. The van der Waals surface area contributed by atoms with Crippen LogP contribution in [0.15, 0.2) is 0 Å². The van der Waals surface area contributed by atoms with Crippen LogP contribution >= 0.6 is 0 Å². The van der Waals surface area contributed by atoms with Gasteiger partial charge in [0.15, 0.2) is 11.1 Å². The summed E-state index contributed by atoms with van der Waals surface area (Å²) >= 11 is -1.73. The molecule has 0 radical (unpaired) electrons. The van der Waals surface area contributed by atoms with Crippen molar-refractivity contribution in [1.29, 1.82) is 0 Å². The molecular weight excluding hydrogens is 166 g/mol. The van der Waals surface area contributed by atoms with Crippen LogP contribution in [0.1, 0.15) is 0 Å². The second kappa shape index (κ2) is 4.15. The number of hydrogen-bond donors (Lipinski definition) is 1. The zero-order chi connectivity index (χ0) is 8.27. The van der Waals surface area contributed by atoms with Crippen LogP contribution in [0.25, 0.3) is 0 Å². The van der Waals surface area contributed by atoms with E-state index in [0.29, 0.717) is 6.61 Å². The molecule has 0 aromatic heterocycles. The molecule has 0 aromatic rings. The molecule has 0 amide bonds. The first-order chi connectivity index (χ1) is 5.18. The van der Waals surface area contributed by atoms with Gasteiger partial charge < -0.3 is 14.2 Å². The van der Waals surface area contributed by atoms with Gasteiger partial charge in [-0.05, 0) is 7.05 Å². The van der Waals surface area contributed by atoms with E-state index in [9.17, 15) is 4.21 Å². The monoisotopic (exact) mass is 179 g/mol. The van der Waals surface area contributed by atoms with Gasteiger partial charge in [0, 0.05) is 13.1 Å². The first-order valence-corrected chi connectivity index (χ1v) is 4.83. The molecule has 1 aliphatic rings. The lowest BCUT2D eigenvalue weighted by atomic mass is 10.3. The second-order valence-corrected chi connectivity index (χ2v) is 3.72. The highest BCUT2D eigenvalue weighted by atomic mass is 32.2. The van der Waals surface area contributed by atoms with Crippen LogP contribution in [-0.4, -0.2) is 52.3 Å². The van der Waals surface area contributed by atoms with E-state index in [1.807, 2.05) is 7.05 Å². The van der Waals surface area contributed by atoms with Gasteiger partial charge in [0.25, 0.3) is 0 Å². The molecule has 2 atom stereocenters. The quantitative estimate of drug-likeness (QED) is 0.583. The predicted molar refractivity (Wildman–Crippen MR) is 42.9 cm³/mol. The second-order valence-electron chi connectivity index (χ2n) is 2.74. The molecule has 66 valence electrons. The summed E-state index contributed by atoms with van der Waals surface area (Å²) in [5.74, 6) is 0.227. The molecule has 1 heterocycles. The standard InChI is InChI=1S/C6H13NO3S/c1-7-2-3-10-6(4-7)5-11(8)9/h6H,2-5H2,1H3,(H,8,9). The van der Waals surface area contributed by atoms with Crippen molar-refractivity contribution < 1.29 is 13.5 Å². The minimum atomic E-state index is -1.73. The third-order valence-electron chi connectivity index (χ3n) is 1.67. The van der Waals surface area contributed by atoms with Crippen molar-refractivity contribution in [2.45, 2.75) is 6.10 Å². The van der Waals surface area contributed by atoms with Crippen molar-refractivity contribution in [2.75, 3.05) is 32.5 Å². The van der Waals surface area contributed by atoms with Gasteiger partial charge in [0.05, 0.1) is 18.5 Å². The van der Waals surface area contributed by atoms with E-state index in [4.69, 9.17) is 9.29 Å². The highest BCUT2D eigenvalue weighted by Gasteiger charge is 2.18. The summed E-state index contributed by atoms with van der Waals surface area (Å²) < 4.78 is 24.2. The van der Waals surface area contributed by atoms with E-state index in [0.717, 1.165) is 13.1 Å². The van der Waals surface area contributed by atoms with Gasteiger partial charge in [-0.25, -0.2) is 4.21 Å². The van der Waals surface area contributed by atoms with Gasteiger partial charge in [-0.1, -0.05) is 0 Å². The molecule has 4 nitrogen and oxygen atoms in total. The minimum Gasteiger partial charge on any atom is -0.375 e. The zero-order valence-corrected chi connectivity index (χ0v) is 7.34. The fraction of sp³-hybridized carbons (Fsp3) is 1.00. The average Bonchev–Trinajstić information content (AvgIpc) is 1.85. The topological polar surface area (TPSA) is 49.8 Å². The third-order valence-corrected chi connectivity index (χ3v) is 2.33. The number of ether oxygens (including phenoxy) is 1. The van der Waals surface area contributed by atoms with Crippen LogP contribution in [0.3, 0.4) is 0 Å². The summed E-state index contributed by atoms with van der Waals surface area (Å²) in [6.45, 7) is 2.33. The predicted octanol–water partition coefficient (Wildman–Crippen LogP) is -0.461. The summed E-state index contributed by atoms with van der Waals surface area (Å²) in [6.07, 6.45) is -0.0698. The minimum absolute atomic E-state index is 0.0698. The molecule has 11 heavy (non-hydrogen) atoms. The van der Waals surface area contributed by atoms with Crippen molar-refractivity contribution in [1.82, 2.24) is 4.90 Å². The van der Waals surface area contributed by atoms with Crippen LogP contribution in [0.2, 0.25) is 0 Å². The number of likely N-dealkylation sites (N-methyl/N-ethyl adjacent to an activating group) is 1. The lowest BCUT2D eigenvalue weighted by Gasteiger charge is -2.28. The molecular formula is C6H13NO3S. The fourth-order valence-electron chi connectivity index (χ4n) is 1.13. The number of morpholine rings is 1. The van der Waals surface area contributed by atoms with E-state index >= 15 is 0 Å². The fourth-order valence-corrected chi connectivity index (χ4v) is 1.65. The van der Waals surface area contributed by atoms with Gasteiger partial charge >= 0.3 is 0 Å². The molecule has 5 heteroatoms. The molecule has 1 rings (SSSR count). The average molecular weight is 179 g/mol. The first-order valence-electron chi connectivity index (χ1n) is 3.56. The Morgan fingerprint density at radius 2 is 2.55 bits per heavy atom. The zero-order valence-electron chi connectivity index (χ0n) is 6.52. The van der Waals surface area contributed by atoms with E-state index in [2.05, 4.69) is 4.90 Å². The smallest absolute Gasteiger partial charge is 0.155 e. The van der Waals surface area contributed by atoms with Crippen LogP contribution in [0, 0.1) is 0 Å². The summed E-state index contributed by atoms with van der Waals surface area (Å²) in [5, 5.41) is 0. The summed E-state index contributed by atoms with van der Waals surface area (Å²) in [7, 11) is 1.98. The Labute approximate surface area is 68.8 Å². The molecule has 2 unspecified atom stereocenters.